The third-order valence-corrected chi connectivity index (χ3v) is 5.98. The van der Waals surface area contributed by atoms with Gasteiger partial charge < -0.3 is 10.1 Å². The number of sulfonamides is 1. The molecule has 1 heterocycles. The number of hydrogen-bond acceptors (Lipinski definition) is 5. The summed E-state index contributed by atoms with van der Waals surface area (Å²) in [5, 5.41) is 2.79. The Kier molecular flexibility index (Phi) is 6.19. The molecule has 2 N–H and O–H groups in total. The molecule has 2 aromatic carbocycles. The standard InChI is InChI=1S/C20H18BrN3O4S/c1-13-9-17(28-2)5-8-19(13)23-20(25)14-10-16(12-22-11-14)24-29(26,27)18-6-3-15(21)4-7-18/h3-12,24H,1-2H3,(H,23,25). The third kappa shape index (κ3) is 5.12. The third-order valence-electron chi connectivity index (χ3n) is 4.06. The quantitative estimate of drug-likeness (QED) is 0.556. The van der Waals surface area contributed by atoms with Gasteiger partial charge in [0.15, 0.2) is 0 Å². The first-order valence-corrected chi connectivity index (χ1v) is 10.8. The van der Waals surface area contributed by atoms with Crippen molar-refractivity contribution < 1.29 is 17.9 Å². The topological polar surface area (TPSA) is 97.4 Å². The highest BCUT2D eigenvalue weighted by molar-refractivity contribution is 9.10. The monoisotopic (exact) mass is 475 g/mol. The molecule has 3 rings (SSSR count). The first-order valence-electron chi connectivity index (χ1n) is 8.48. The summed E-state index contributed by atoms with van der Waals surface area (Å²) >= 11 is 3.27. The minimum atomic E-state index is -3.80. The molecule has 0 aliphatic rings. The first-order chi connectivity index (χ1) is 13.8. The number of methoxy groups -OCH3 is 1. The molecular formula is C20H18BrN3O4S. The van der Waals surface area contributed by atoms with Crippen molar-refractivity contribution in [1.29, 1.82) is 0 Å². The Labute approximate surface area is 177 Å². The fourth-order valence-electron chi connectivity index (χ4n) is 2.55. The highest BCUT2D eigenvalue weighted by Gasteiger charge is 2.16. The number of amides is 1. The molecule has 0 aliphatic heterocycles. The second-order valence-corrected chi connectivity index (χ2v) is 8.75. The summed E-state index contributed by atoms with van der Waals surface area (Å²) in [4.78, 5) is 16.7. The number of aromatic nitrogens is 1. The SMILES string of the molecule is COc1ccc(NC(=O)c2cncc(NS(=O)(=O)c3ccc(Br)cc3)c2)c(C)c1. The van der Waals surface area contributed by atoms with Gasteiger partial charge in [0, 0.05) is 16.4 Å². The Morgan fingerprint density at radius 2 is 1.79 bits per heavy atom. The van der Waals surface area contributed by atoms with Crippen molar-refractivity contribution in [2.45, 2.75) is 11.8 Å². The summed E-state index contributed by atoms with van der Waals surface area (Å²) in [5.41, 5.74) is 1.86. The average molecular weight is 476 g/mol. The first kappa shape index (κ1) is 20.8. The summed E-state index contributed by atoms with van der Waals surface area (Å²) in [5.74, 6) is 0.280. The van der Waals surface area contributed by atoms with Gasteiger partial charge in [-0.25, -0.2) is 8.42 Å². The molecule has 0 aliphatic carbocycles. The molecule has 29 heavy (non-hydrogen) atoms. The Bertz CT molecular complexity index is 1150. The molecule has 0 fully saturated rings. The Morgan fingerprint density at radius 1 is 1.07 bits per heavy atom. The number of anilines is 2. The molecule has 0 spiro atoms. The maximum atomic E-state index is 12.6. The van der Waals surface area contributed by atoms with Crippen molar-refractivity contribution in [2.75, 3.05) is 17.1 Å². The second-order valence-electron chi connectivity index (χ2n) is 6.16. The summed E-state index contributed by atoms with van der Waals surface area (Å²) in [7, 11) is -2.23. The van der Waals surface area contributed by atoms with Gasteiger partial charge in [-0.15, -0.1) is 0 Å². The fraction of sp³-hybridized carbons (Fsp3) is 0.100. The Balaban J connectivity index is 1.78. The predicted molar refractivity (Wildman–Crippen MR) is 115 cm³/mol. The number of nitrogens with one attached hydrogen (secondary N) is 2. The number of carbonyl (C=O) groups is 1. The fourth-order valence-corrected chi connectivity index (χ4v) is 3.84. The van der Waals surface area contributed by atoms with Crippen molar-refractivity contribution in [3.05, 3.63) is 76.5 Å². The van der Waals surface area contributed by atoms with Crippen LogP contribution < -0.4 is 14.8 Å². The van der Waals surface area contributed by atoms with Gasteiger partial charge in [0.2, 0.25) is 0 Å². The highest BCUT2D eigenvalue weighted by atomic mass is 79.9. The van der Waals surface area contributed by atoms with E-state index in [2.05, 4.69) is 31.0 Å². The van der Waals surface area contributed by atoms with E-state index in [-0.39, 0.29) is 16.1 Å². The van der Waals surface area contributed by atoms with Crippen LogP contribution in [0.5, 0.6) is 5.75 Å². The van der Waals surface area contributed by atoms with E-state index in [1.165, 1.54) is 30.6 Å². The lowest BCUT2D eigenvalue weighted by Crippen LogP contribution is -2.16. The van der Waals surface area contributed by atoms with E-state index >= 15 is 0 Å². The van der Waals surface area contributed by atoms with Crippen LogP contribution in [0.15, 0.2) is 70.3 Å². The summed E-state index contributed by atoms with van der Waals surface area (Å²) in [6.45, 7) is 1.85. The van der Waals surface area contributed by atoms with Gasteiger partial charge in [-0.05, 0) is 61.0 Å². The van der Waals surface area contributed by atoms with Crippen LogP contribution in [0.2, 0.25) is 0 Å². The number of rotatable bonds is 6. The van der Waals surface area contributed by atoms with Crippen molar-refractivity contribution in [3.8, 4) is 5.75 Å². The number of benzene rings is 2. The van der Waals surface area contributed by atoms with E-state index in [9.17, 15) is 13.2 Å². The molecule has 1 aromatic heterocycles. The number of halogens is 1. The van der Waals surface area contributed by atoms with Crippen molar-refractivity contribution >= 4 is 43.2 Å². The van der Waals surface area contributed by atoms with Crippen molar-refractivity contribution in [1.82, 2.24) is 4.98 Å². The largest absolute Gasteiger partial charge is 0.497 e. The molecule has 0 atom stereocenters. The molecule has 0 unspecified atom stereocenters. The van der Waals surface area contributed by atoms with E-state index in [0.717, 1.165) is 10.0 Å². The van der Waals surface area contributed by atoms with E-state index in [4.69, 9.17) is 4.74 Å². The van der Waals surface area contributed by atoms with Crippen molar-refractivity contribution in [3.63, 3.8) is 0 Å². The average Bonchev–Trinajstić information content (AvgIpc) is 2.69. The van der Waals surface area contributed by atoms with Gasteiger partial charge in [-0.3, -0.25) is 14.5 Å². The zero-order chi connectivity index (χ0) is 21.0. The predicted octanol–water partition coefficient (Wildman–Crippen LogP) is 4.21. The van der Waals surface area contributed by atoms with Crippen LogP contribution in [0.4, 0.5) is 11.4 Å². The minimum absolute atomic E-state index is 0.101. The van der Waals surface area contributed by atoms with Crippen LogP contribution in [-0.4, -0.2) is 26.4 Å². The van der Waals surface area contributed by atoms with E-state index in [0.29, 0.717) is 11.4 Å². The number of ether oxygens (including phenoxy) is 1. The minimum Gasteiger partial charge on any atom is -0.497 e. The molecule has 0 radical (unpaired) electrons. The molecule has 150 valence electrons. The van der Waals surface area contributed by atoms with Crippen LogP contribution in [0.1, 0.15) is 15.9 Å². The zero-order valence-electron chi connectivity index (χ0n) is 15.6. The summed E-state index contributed by atoms with van der Waals surface area (Å²) in [6, 6.07) is 12.9. The summed E-state index contributed by atoms with van der Waals surface area (Å²) in [6.07, 6.45) is 2.71. The lowest BCUT2D eigenvalue weighted by Gasteiger charge is -2.11. The number of pyridine rings is 1. The van der Waals surface area contributed by atoms with Crippen LogP contribution in [0.3, 0.4) is 0 Å². The molecular weight excluding hydrogens is 458 g/mol. The smallest absolute Gasteiger partial charge is 0.261 e. The normalized spacial score (nSPS) is 11.0. The number of carbonyl (C=O) groups excluding carboxylic acids is 1. The van der Waals surface area contributed by atoms with Crippen LogP contribution in [0.25, 0.3) is 0 Å². The zero-order valence-corrected chi connectivity index (χ0v) is 18.0. The molecule has 1 amide bonds. The summed E-state index contributed by atoms with van der Waals surface area (Å²) < 4.78 is 33.4. The van der Waals surface area contributed by atoms with Gasteiger partial charge in [-0.2, -0.15) is 0 Å². The van der Waals surface area contributed by atoms with Gasteiger partial charge in [0.1, 0.15) is 5.75 Å². The van der Waals surface area contributed by atoms with Crippen LogP contribution in [0, 0.1) is 6.92 Å². The van der Waals surface area contributed by atoms with E-state index < -0.39 is 15.9 Å². The van der Waals surface area contributed by atoms with Gasteiger partial charge in [0.05, 0.1) is 29.5 Å². The Morgan fingerprint density at radius 3 is 2.45 bits per heavy atom. The lowest BCUT2D eigenvalue weighted by atomic mass is 10.1. The van der Waals surface area contributed by atoms with Crippen molar-refractivity contribution in [2.24, 2.45) is 0 Å². The molecule has 0 saturated carbocycles. The molecule has 3 aromatic rings. The van der Waals surface area contributed by atoms with Gasteiger partial charge in [-0.1, -0.05) is 15.9 Å². The number of aryl methyl sites for hydroxylation is 1. The maximum absolute atomic E-state index is 12.6. The molecule has 0 saturated heterocycles. The second kappa shape index (κ2) is 8.62. The Hall–Kier alpha value is -2.91. The molecule has 7 nitrogen and oxygen atoms in total. The molecule has 0 bridgehead atoms. The lowest BCUT2D eigenvalue weighted by molar-refractivity contribution is 0.102. The van der Waals surface area contributed by atoms with Gasteiger partial charge >= 0.3 is 0 Å². The van der Waals surface area contributed by atoms with E-state index in [1.54, 1.807) is 37.4 Å². The van der Waals surface area contributed by atoms with Crippen LogP contribution in [-0.2, 0) is 10.0 Å². The highest BCUT2D eigenvalue weighted by Crippen LogP contribution is 2.22. The maximum Gasteiger partial charge on any atom is 0.261 e. The van der Waals surface area contributed by atoms with Crippen LogP contribution >= 0.6 is 15.9 Å². The number of hydrogen-bond donors (Lipinski definition) is 2. The number of nitrogens with zero attached hydrogens (tertiary/aromatic N) is 1. The van der Waals surface area contributed by atoms with Gasteiger partial charge in [0.25, 0.3) is 15.9 Å². The molecule has 9 heteroatoms. The van der Waals surface area contributed by atoms with E-state index in [1.807, 2.05) is 6.92 Å².